The third-order valence-corrected chi connectivity index (χ3v) is 0.201. The van der Waals surface area contributed by atoms with Crippen molar-refractivity contribution in [3.8, 4) is 0 Å². The minimum Gasteiger partial charge on any atom is -0.369 e. The summed E-state index contributed by atoms with van der Waals surface area (Å²) in [5.41, 5.74) is 9.22. The summed E-state index contributed by atoms with van der Waals surface area (Å²) in [6, 6.07) is 0. The van der Waals surface area contributed by atoms with Crippen LogP contribution in [0.5, 0.6) is 0 Å². The fourth-order valence-corrected chi connectivity index (χ4v) is 0. The first-order valence-corrected chi connectivity index (χ1v) is 1.25. The molecule has 4 heteroatoms. The van der Waals surface area contributed by atoms with Crippen molar-refractivity contribution in [2.75, 3.05) is 6.54 Å². The lowest BCUT2D eigenvalue weighted by molar-refractivity contribution is -0.116. The second-order valence-electron chi connectivity index (χ2n) is 0.670. The maximum Gasteiger partial charge on any atom is 0.231 e. The monoisotopic (exact) mass is 114 g/mol. The van der Waals surface area contributed by atoms with Crippen LogP contribution in [0.1, 0.15) is 0 Å². The Kier molecular flexibility index (Phi) is 7.24. The third-order valence-electron chi connectivity index (χ3n) is 0.201. The first kappa shape index (κ1) is 9.21. The fourth-order valence-electron chi connectivity index (χ4n) is 0. The van der Waals surface area contributed by atoms with Crippen LogP contribution in [0.2, 0.25) is 0 Å². The van der Waals surface area contributed by atoms with Gasteiger partial charge in [0.05, 0.1) is 6.54 Å². The fraction of sp³-hybridized carbons (Fsp3) is 0.500. The molecular weight excluding hydrogens is 107 g/mol. The van der Waals surface area contributed by atoms with Gasteiger partial charge in [-0.2, -0.15) is 0 Å². The van der Waals surface area contributed by atoms with Crippen molar-refractivity contribution in [1.29, 1.82) is 0 Å². The summed E-state index contributed by atoms with van der Waals surface area (Å²) in [4.78, 5) is 9.47. The Morgan fingerprint density at radius 1 is 1.67 bits per heavy atom. The standard InChI is InChI=1S/C2H6N2O.ClH/c3-1-2(4)5;/h1,3H2,(H2,4,5);1H/i1+1,2+1,3+1,4+1;. The van der Waals surface area contributed by atoms with Crippen molar-refractivity contribution in [3.63, 3.8) is 0 Å². The first-order chi connectivity index (χ1) is 2.27. The van der Waals surface area contributed by atoms with Gasteiger partial charge in [-0.1, -0.05) is 0 Å². The zero-order chi connectivity index (χ0) is 4.28. The largest absolute Gasteiger partial charge is 0.369 e. The zero-order valence-corrected chi connectivity index (χ0v) is 3.99. The SMILES string of the molecule is Cl.[15NH2][13CH2][13C]([15NH2])=O. The van der Waals surface area contributed by atoms with E-state index in [0.29, 0.717) is 0 Å². The van der Waals surface area contributed by atoms with Gasteiger partial charge in [0.15, 0.2) is 0 Å². The summed E-state index contributed by atoms with van der Waals surface area (Å²) in [6.07, 6.45) is 0. The summed E-state index contributed by atoms with van der Waals surface area (Å²) in [7, 11) is 0. The van der Waals surface area contributed by atoms with Crippen LogP contribution in [0.4, 0.5) is 0 Å². The molecule has 6 heavy (non-hydrogen) atoms. The highest BCUT2D eigenvalue weighted by Gasteiger charge is 1.77. The molecule has 0 fully saturated rings. The quantitative estimate of drug-likeness (QED) is 0.334. The molecule has 0 spiro atoms. The molecule has 1 amide bonds. The summed E-state index contributed by atoms with van der Waals surface area (Å²) < 4.78 is 0. The van der Waals surface area contributed by atoms with E-state index < -0.39 is 5.91 Å². The number of carbonyl (C=O) groups is 1. The Morgan fingerprint density at radius 2 is 1.83 bits per heavy atom. The number of carbonyl (C=O) groups excluding carboxylic acids is 1. The molecule has 38 valence electrons. The van der Waals surface area contributed by atoms with Gasteiger partial charge in [0.25, 0.3) is 0 Å². The van der Waals surface area contributed by atoms with Gasteiger partial charge < -0.3 is 11.5 Å². The molecule has 0 rings (SSSR count). The number of primary amides is 1. The van der Waals surface area contributed by atoms with E-state index in [1.807, 2.05) is 0 Å². The number of amides is 1. The van der Waals surface area contributed by atoms with Crippen LogP contribution >= 0.6 is 12.4 Å². The van der Waals surface area contributed by atoms with Crippen molar-refractivity contribution in [1.82, 2.24) is 0 Å². The summed E-state index contributed by atoms with van der Waals surface area (Å²) >= 11 is 0. The van der Waals surface area contributed by atoms with Crippen LogP contribution in [0.3, 0.4) is 0 Å². The summed E-state index contributed by atoms with van der Waals surface area (Å²) in [5.74, 6) is -0.468. The highest BCUT2D eigenvalue weighted by molar-refractivity contribution is 5.85. The minimum absolute atomic E-state index is 0. The molecule has 0 aromatic rings. The van der Waals surface area contributed by atoms with Crippen molar-refractivity contribution >= 4 is 18.3 Å². The van der Waals surface area contributed by atoms with Gasteiger partial charge in [0.2, 0.25) is 5.91 Å². The topological polar surface area (TPSA) is 69.1 Å². The lowest BCUT2D eigenvalue weighted by Crippen LogP contribution is -2.21. The number of hydrogen-bond acceptors (Lipinski definition) is 2. The van der Waals surface area contributed by atoms with Crippen molar-refractivity contribution in [3.05, 3.63) is 0 Å². The molecule has 0 radical (unpaired) electrons. The highest BCUT2D eigenvalue weighted by atomic mass is 35.5. The molecule has 0 unspecified atom stereocenters. The van der Waals surface area contributed by atoms with Crippen molar-refractivity contribution in [2.24, 2.45) is 11.5 Å². The Morgan fingerprint density at radius 3 is 1.83 bits per heavy atom. The molecular formula is C2H7ClN2O. The van der Waals surface area contributed by atoms with Crippen LogP contribution < -0.4 is 11.5 Å². The van der Waals surface area contributed by atoms with Gasteiger partial charge >= 0.3 is 0 Å². The Balaban J connectivity index is 0. The third kappa shape index (κ3) is 9.30. The van der Waals surface area contributed by atoms with Crippen LogP contribution in [0.15, 0.2) is 0 Å². The molecule has 0 saturated heterocycles. The van der Waals surface area contributed by atoms with E-state index in [4.69, 9.17) is 5.73 Å². The van der Waals surface area contributed by atoms with E-state index in [-0.39, 0.29) is 19.0 Å². The van der Waals surface area contributed by atoms with Gasteiger partial charge in [-0.15, -0.1) is 12.4 Å². The van der Waals surface area contributed by atoms with Gasteiger partial charge in [-0.25, -0.2) is 0 Å². The van der Waals surface area contributed by atoms with Gasteiger partial charge in [-0.05, 0) is 0 Å². The number of halogens is 1. The number of rotatable bonds is 1. The van der Waals surface area contributed by atoms with E-state index >= 15 is 0 Å². The lowest BCUT2D eigenvalue weighted by Gasteiger charge is -1.74. The van der Waals surface area contributed by atoms with E-state index in [2.05, 4.69) is 5.73 Å². The van der Waals surface area contributed by atoms with Crippen molar-refractivity contribution in [2.45, 2.75) is 0 Å². The predicted octanol–water partition coefficient (Wildman–Crippen LogP) is -1.15. The molecule has 0 bridgehead atoms. The molecule has 3 nitrogen and oxygen atoms in total. The minimum atomic E-state index is -0.468. The Labute approximate surface area is 42.1 Å². The Hall–Kier alpha value is -0.280. The maximum atomic E-state index is 9.47. The summed E-state index contributed by atoms with van der Waals surface area (Å²) in [5, 5.41) is 0. The normalized spacial score (nSPS) is 6.17. The molecule has 0 heterocycles. The number of hydrogen-bond donors (Lipinski definition) is 2. The van der Waals surface area contributed by atoms with Crippen LogP contribution in [-0.4, -0.2) is 12.5 Å². The highest BCUT2D eigenvalue weighted by Crippen LogP contribution is 1.36. The maximum absolute atomic E-state index is 9.47. The predicted molar refractivity (Wildman–Crippen MR) is 25.5 cm³/mol. The van der Waals surface area contributed by atoms with Gasteiger partial charge in [0, 0.05) is 0 Å². The molecule has 0 aliphatic carbocycles. The molecule has 0 aliphatic heterocycles. The van der Waals surface area contributed by atoms with Crippen molar-refractivity contribution < 1.29 is 4.79 Å². The molecule has 4 N–H and O–H groups in total. The first-order valence-electron chi connectivity index (χ1n) is 1.25. The van der Waals surface area contributed by atoms with E-state index in [9.17, 15) is 4.79 Å². The summed E-state index contributed by atoms with van der Waals surface area (Å²) in [6.45, 7) is -0.0556. The average Bonchev–Trinajstić information content (AvgIpc) is 1.38. The van der Waals surface area contributed by atoms with E-state index in [0.717, 1.165) is 0 Å². The molecule has 0 atom stereocenters. The van der Waals surface area contributed by atoms with Crippen LogP contribution in [0, 0.1) is 0 Å². The second kappa shape index (κ2) is 4.72. The number of nitrogens with two attached hydrogens (primary N) is 2. The molecule has 0 aromatic carbocycles. The molecule has 0 saturated carbocycles. The smallest absolute Gasteiger partial charge is 0.231 e. The van der Waals surface area contributed by atoms with E-state index in [1.165, 1.54) is 0 Å². The lowest BCUT2D eigenvalue weighted by atomic mass is 11.6. The molecule has 0 aromatic heterocycles. The Bertz CT molecular complexity index is 46.8. The van der Waals surface area contributed by atoms with Gasteiger partial charge in [0.1, 0.15) is 0 Å². The zero-order valence-electron chi connectivity index (χ0n) is 3.18. The second-order valence-corrected chi connectivity index (χ2v) is 0.670. The molecule has 0 aliphatic rings. The van der Waals surface area contributed by atoms with Gasteiger partial charge in [-0.3, -0.25) is 4.79 Å². The van der Waals surface area contributed by atoms with Crippen LogP contribution in [-0.2, 0) is 4.79 Å². The van der Waals surface area contributed by atoms with E-state index in [1.54, 1.807) is 0 Å². The average molecular weight is 115 g/mol. The van der Waals surface area contributed by atoms with Crippen LogP contribution in [0.25, 0.3) is 0 Å².